The summed E-state index contributed by atoms with van der Waals surface area (Å²) < 4.78 is 57.0. The highest BCUT2D eigenvalue weighted by Crippen LogP contribution is 2.69. The van der Waals surface area contributed by atoms with E-state index in [9.17, 15) is 27.6 Å². The zero-order valence-corrected chi connectivity index (χ0v) is 17.7. The average molecular weight is 489 g/mol. The van der Waals surface area contributed by atoms with Crippen molar-refractivity contribution < 1.29 is 56.2 Å². The minimum Gasteiger partial charge on any atom is -0.456 e. The number of hydrogen-bond donors (Lipinski definition) is 6. The number of aromatic amines is 1. The molecule has 1 aromatic heterocycles. The monoisotopic (exact) mass is 489 g/mol. The second kappa shape index (κ2) is 8.73. The van der Waals surface area contributed by atoms with E-state index in [4.69, 9.17) is 24.3 Å². The Bertz CT molecular complexity index is 1110. The molecular weight excluding hydrogens is 470 g/mol. The molecule has 0 aliphatic carbocycles. The van der Waals surface area contributed by atoms with Crippen LogP contribution in [0.25, 0.3) is 0 Å². The van der Waals surface area contributed by atoms with Gasteiger partial charge in [-0.15, -0.1) is 0 Å². The van der Waals surface area contributed by atoms with Crippen molar-refractivity contribution in [1.29, 1.82) is 0 Å². The van der Waals surface area contributed by atoms with Crippen molar-refractivity contribution in [2.75, 3.05) is 6.61 Å². The van der Waals surface area contributed by atoms with E-state index in [1.54, 1.807) is 6.07 Å². The second-order valence-electron chi connectivity index (χ2n) is 6.07. The first-order valence-electron chi connectivity index (χ1n) is 8.13. The summed E-state index contributed by atoms with van der Waals surface area (Å²) in [7, 11) is -15.4. The quantitative estimate of drug-likeness (QED) is 0.190. The second-order valence-corrected chi connectivity index (χ2v) is 11.9. The first-order valence-corrected chi connectivity index (χ1v) is 12.8. The van der Waals surface area contributed by atoms with E-state index in [1.807, 2.05) is 5.16 Å². The van der Waals surface area contributed by atoms with Crippen molar-refractivity contribution in [3.05, 3.63) is 35.2 Å². The number of sulfone groups is 1. The molecule has 2 aromatic rings. The van der Waals surface area contributed by atoms with Gasteiger partial charge in [0.2, 0.25) is 4.60 Å². The lowest BCUT2D eigenvalue weighted by Gasteiger charge is -2.29. The first kappa shape index (κ1) is 24.4. The van der Waals surface area contributed by atoms with Crippen LogP contribution in [0.5, 0.6) is 5.88 Å². The lowest BCUT2D eigenvalue weighted by Crippen LogP contribution is -2.28. The summed E-state index contributed by atoms with van der Waals surface area (Å²) >= 11 is 0. The number of rotatable bonds is 10. The number of hydrogen-bond acceptors (Lipinski definition) is 8. The van der Waals surface area contributed by atoms with Crippen LogP contribution < -0.4 is 9.34 Å². The van der Waals surface area contributed by atoms with Crippen LogP contribution in [-0.4, -0.2) is 49.9 Å². The number of benzene rings is 1. The topological polar surface area (TPSA) is 231 Å². The Kier molecular flexibility index (Phi) is 7.11. The van der Waals surface area contributed by atoms with Gasteiger partial charge in [0.1, 0.15) is 0 Å². The SMILES string of the molecule is O=[n+]1o[nH]c(OCCCCC(O)(P(=O)(O)O)P(=O)(O)O)c1S(=O)(=O)c1ccccc1. The van der Waals surface area contributed by atoms with Crippen LogP contribution in [0.3, 0.4) is 0 Å². The molecule has 0 unspecified atom stereocenters. The lowest BCUT2D eigenvalue weighted by atomic mass is 10.2. The molecular formula is C13H19N2O12P2S+. The van der Waals surface area contributed by atoms with E-state index in [1.165, 1.54) is 24.3 Å². The summed E-state index contributed by atoms with van der Waals surface area (Å²) in [5, 5.41) is 7.33. The molecule has 0 aliphatic rings. The van der Waals surface area contributed by atoms with Crippen LogP contribution in [0.4, 0.5) is 0 Å². The minimum absolute atomic E-state index is 0.120. The fourth-order valence-electron chi connectivity index (χ4n) is 2.37. The van der Waals surface area contributed by atoms with Gasteiger partial charge in [-0.25, -0.2) is 8.42 Å². The molecule has 168 valence electrons. The van der Waals surface area contributed by atoms with Crippen molar-refractivity contribution in [2.45, 2.75) is 34.3 Å². The van der Waals surface area contributed by atoms with Gasteiger partial charge < -0.3 is 29.4 Å². The predicted molar refractivity (Wildman–Crippen MR) is 96.7 cm³/mol. The van der Waals surface area contributed by atoms with E-state index >= 15 is 0 Å². The molecule has 2 rings (SSSR count). The molecule has 1 aromatic carbocycles. The number of ether oxygens (including phenoxy) is 1. The number of aromatic nitrogens is 2. The van der Waals surface area contributed by atoms with Crippen LogP contribution in [0.15, 0.2) is 44.9 Å². The van der Waals surface area contributed by atoms with Crippen molar-refractivity contribution in [3.63, 3.8) is 0 Å². The largest absolute Gasteiger partial charge is 0.456 e. The van der Waals surface area contributed by atoms with E-state index in [-0.39, 0.29) is 28.9 Å². The Morgan fingerprint density at radius 3 is 2.17 bits per heavy atom. The van der Waals surface area contributed by atoms with Gasteiger partial charge in [-0.05, 0) is 35.0 Å². The first-order chi connectivity index (χ1) is 13.7. The van der Waals surface area contributed by atoms with Crippen LogP contribution in [0, 0.1) is 4.91 Å². The fraction of sp³-hybridized carbons (Fsp3) is 0.385. The van der Waals surface area contributed by atoms with Crippen LogP contribution in [0.1, 0.15) is 19.3 Å². The molecule has 0 saturated heterocycles. The van der Waals surface area contributed by atoms with Gasteiger partial charge in [0.05, 0.1) is 11.5 Å². The van der Waals surface area contributed by atoms with Gasteiger partial charge in [0.15, 0.2) is 0 Å². The average Bonchev–Trinajstić information content (AvgIpc) is 3.01. The Morgan fingerprint density at radius 1 is 1.07 bits per heavy atom. The third kappa shape index (κ3) is 4.90. The summed E-state index contributed by atoms with van der Waals surface area (Å²) in [5.41, 5.74) is 0. The van der Waals surface area contributed by atoms with Crippen molar-refractivity contribution in [1.82, 2.24) is 5.16 Å². The van der Waals surface area contributed by atoms with Gasteiger partial charge in [0, 0.05) is 6.42 Å². The van der Waals surface area contributed by atoms with Crippen LogP contribution in [0.2, 0.25) is 0 Å². The van der Waals surface area contributed by atoms with Gasteiger partial charge in [0.25, 0.3) is 14.9 Å². The Morgan fingerprint density at radius 2 is 1.63 bits per heavy atom. The molecule has 6 N–H and O–H groups in total. The Labute approximate surface area is 168 Å². The molecule has 0 aliphatic heterocycles. The van der Waals surface area contributed by atoms with E-state index < -0.39 is 47.4 Å². The summed E-state index contributed by atoms with van der Waals surface area (Å²) in [4.78, 5) is 47.8. The molecule has 0 amide bonds. The van der Waals surface area contributed by atoms with E-state index in [0.29, 0.717) is 0 Å². The lowest BCUT2D eigenvalue weighted by molar-refractivity contribution is -0.744. The maximum Gasteiger partial charge on any atom is 0.404 e. The summed E-state index contributed by atoms with van der Waals surface area (Å²) in [6, 6.07) is 6.94. The predicted octanol–water partition coefficient (Wildman–Crippen LogP) is -0.0944. The van der Waals surface area contributed by atoms with Crippen molar-refractivity contribution in [2.24, 2.45) is 0 Å². The van der Waals surface area contributed by atoms with Gasteiger partial charge in [-0.2, -0.15) is 0 Å². The standard InChI is InChI=1S/C13H18N2O12P2S/c16-13(28(18,19)20,29(21,22)23)8-4-5-9-26-11-12(15(17)27-14-11)30(24,25)10-6-2-1-3-7-10/h1-3,6-7,14,16H,4-5,8-9H2,(H3-,18,19,20,21,22,23)/p+1. The van der Waals surface area contributed by atoms with Gasteiger partial charge >= 0.3 is 26.1 Å². The smallest absolute Gasteiger partial charge is 0.404 e. The maximum atomic E-state index is 12.6. The normalized spacial score (nSPS) is 13.4. The van der Waals surface area contributed by atoms with E-state index in [2.05, 4.69) is 4.63 Å². The molecule has 0 spiro atoms. The van der Waals surface area contributed by atoms with Crippen LogP contribution >= 0.6 is 15.2 Å². The van der Waals surface area contributed by atoms with Crippen molar-refractivity contribution >= 4 is 25.0 Å². The van der Waals surface area contributed by atoms with Gasteiger partial charge in [-0.1, -0.05) is 22.8 Å². The van der Waals surface area contributed by atoms with Gasteiger partial charge in [-0.3, -0.25) is 9.13 Å². The summed E-state index contributed by atoms with van der Waals surface area (Å²) in [6.45, 7) is -0.342. The molecule has 30 heavy (non-hydrogen) atoms. The Hall–Kier alpha value is -1.83. The van der Waals surface area contributed by atoms with Crippen LogP contribution in [-0.2, 0) is 19.0 Å². The fourth-order valence-corrected chi connectivity index (χ4v) is 5.95. The maximum absolute atomic E-state index is 12.6. The molecule has 14 nitrogen and oxygen atoms in total. The molecule has 0 atom stereocenters. The molecule has 0 radical (unpaired) electrons. The molecule has 0 bridgehead atoms. The number of unbranched alkanes of at least 4 members (excludes halogenated alkanes) is 1. The third-order valence-corrected chi connectivity index (χ3v) is 9.59. The zero-order valence-electron chi connectivity index (χ0n) is 15.1. The van der Waals surface area contributed by atoms with E-state index in [0.717, 1.165) is 0 Å². The van der Waals surface area contributed by atoms with Crippen molar-refractivity contribution in [3.8, 4) is 5.88 Å². The molecule has 0 fully saturated rings. The molecule has 1 heterocycles. The number of aliphatic hydroxyl groups is 1. The number of nitrogens with zero attached hydrogens (tertiary/aromatic N) is 1. The highest BCUT2D eigenvalue weighted by Gasteiger charge is 2.58. The summed E-state index contributed by atoms with van der Waals surface area (Å²) in [5.74, 6) is -0.547. The Balaban J connectivity index is 2.08. The molecule has 17 heteroatoms. The zero-order chi connectivity index (χ0) is 22.8. The number of nitrogens with one attached hydrogen (secondary N) is 1. The highest BCUT2D eigenvalue weighted by molar-refractivity contribution is 7.91. The minimum atomic E-state index is -5.57. The summed E-state index contributed by atoms with van der Waals surface area (Å²) in [6.07, 6.45) is -1.40. The third-order valence-electron chi connectivity index (χ3n) is 3.98. The molecule has 0 saturated carbocycles. The highest BCUT2D eigenvalue weighted by atomic mass is 32.2. The number of H-pyrrole nitrogens is 1.